The van der Waals surface area contributed by atoms with E-state index in [4.69, 9.17) is 16.7 Å². The first-order valence-corrected chi connectivity index (χ1v) is 11.1. The Bertz CT molecular complexity index is 784. The van der Waals surface area contributed by atoms with Crippen LogP contribution in [0.2, 0.25) is 5.02 Å². The molecule has 2 heterocycles. The predicted octanol–water partition coefficient (Wildman–Crippen LogP) is 5.17. The van der Waals surface area contributed by atoms with Crippen LogP contribution in [0.3, 0.4) is 0 Å². The van der Waals surface area contributed by atoms with Crippen molar-refractivity contribution in [2.24, 2.45) is 0 Å². The third kappa shape index (κ3) is 6.04. The Morgan fingerprint density at radius 2 is 1.55 bits per heavy atom. The third-order valence-corrected chi connectivity index (χ3v) is 7.13. The van der Waals surface area contributed by atoms with Crippen molar-refractivity contribution in [2.45, 2.75) is 28.6 Å². The van der Waals surface area contributed by atoms with Crippen LogP contribution in [-0.2, 0) is 0 Å². The maximum atomic E-state index is 9.08. The van der Waals surface area contributed by atoms with Gasteiger partial charge in [-0.25, -0.2) is 0 Å². The lowest BCUT2D eigenvalue weighted by Gasteiger charge is -2.35. The lowest BCUT2D eigenvalue weighted by molar-refractivity contribution is 0.111. The second-order valence-corrected chi connectivity index (χ2v) is 8.94. The fraction of sp³-hybridized carbons (Fsp3) is 0.455. The van der Waals surface area contributed by atoms with Crippen molar-refractivity contribution >= 4 is 48.2 Å². The van der Waals surface area contributed by atoms with Gasteiger partial charge in [-0.2, -0.15) is 0 Å². The van der Waals surface area contributed by atoms with Crippen molar-refractivity contribution in [1.29, 1.82) is 0 Å². The Morgan fingerprint density at radius 3 is 2.28 bits per heavy atom. The Balaban J connectivity index is 0.00000150. The number of β-amino-alcohol motifs (C(OH)–C–C–N with tert-alkyl or cyclic N) is 1. The van der Waals surface area contributed by atoms with Crippen molar-refractivity contribution < 1.29 is 5.11 Å². The number of halogens is 3. The topological polar surface area (TPSA) is 26.7 Å². The molecule has 160 valence electrons. The molecule has 1 atom stereocenters. The zero-order valence-corrected chi connectivity index (χ0v) is 19.6. The number of aliphatic hydroxyl groups is 1. The van der Waals surface area contributed by atoms with E-state index in [0.29, 0.717) is 5.92 Å². The van der Waals surface area contributed by atoms with E-state index >= 15 is 0 Å². The molecule has 2 aromatic rings. The van der Waals surface area contributed by atoms with Crippen LogP contribution in [0.5, 0.6) is 0 Å². The molecule has 0 aliphatic carbocycles. The number of hydrogen-bond donors (Lipinski definition) is 1. The van der Waals surface area contributed by atoms with E-state index in [1.165, 1.54) is 27.3 Å². The summed E-state index contributed by atoms with van der Waals surface area (Å²) >= 11 is 8.19. The van der Waals surface area contributed by atoms with Crippen LogP contribution in [0, 0.1) is 0 Å². The van der Waals surface area contributed by atoms with Gasteiger partial charge in [0.2, 0.25) is 0 Å². The lowest BCUT2D eigenvalue weighted by atomic mass is 9.87. The summed E-state index contributed by atoms with van der Waals surface area (Å²) < 4.78 is 0. The molecule has 2 aromatic carbocycles. The van der Waals surface area contributed by atoms with Crippen LogP contribution >= 0.6 is 48.2 Å². The predicted molar refractivity (Wildman–Crippen MR) is 128 cm³/mol. The average molecular weight is 476 g/mol. The summed E-state index contributed by atoms with van der Waals surface area (Å²) in [7, 11) is 0. The fourth-order valence-electron chi connectivity index (χ4n) is 4.24. The molecule has 1 N–H and O–H groups in total. The van der Waals surface area contributed by atoms with Crippen LogP contribution in [0.25, 0.3) is 0 Å². The van der Waals surface area contributed by atoms with Crippen LogP contribution in [-0.4, -0.2) is 60.8 Å². The summed E-state index contributed by atoms with van der Waals surface area (Å²) in [5, 5.41) is 9.92. The second-order valence-electron chi connectivity index (χ2n) is 7.42. The second kappa shape index (κ2) is 11.8. The SMILES string of the molecule is Cl.Cl.OCCN1CCN(CCCC2c3ccccc3Sc3ccc(Cl)cc32)CC1. The minimum absolute atomic E-state index is 0. The van der Waals surface area contributed by atoms with Gasteiger partial charge in [0.05, 0.1) is 6.61 Å². The van der Waals surface area contributed by atoms with E-state index < -0.39 is 0 Å². The highest BCUT2D eigenvalue weighted by atomic mass is 35.5. The van der Waals surface area contributed by atoms with Gasteiger partial charge >= 0.3 is 0 Å². The largest absolute Gasteiger partial charge is 0.395 e. The molecule has 7 heteroatoms. The minimum Gasteiger partial charge on any atom is -0.395 e. The zero-order valence-electron chi connectivity index (χ0n) is 16.4. The van der Waals surface area contributed by atoms with E-state index in [-0.39, 0.29) is 31.4 Å². The molecular weight excluding hydrogens is 447 g/mol. The molecule has 4 rings (SSSR count). The van der Waals surface area contributed by atoms with E-state index in [9.17, 15) is 0 Å². The van der Waals surface area contributed by atoms with Gasteiger partial charge in [-0.3, -0.25) is 4.90 Å². The van der Waals surface area contributed by atoms with Gasteiger partial charge in [-0.1, -0.05) is 41.6 Å². The molecule has 1 unspecified atom stereocenters. The third-order valence-electron chi connectivity index (χ3n) is 5.71. The van der Waals surface area contributed by atoms with Crippen molar-refractivity contribution in [1.82, 2.24) is 9.80 Å². The molecule has 0 amide bonds. The molecule has 1 saturated heterocycles. The molecular formula is C22H29Cl3N2OS. The quantitative estimate of drug-likeness (QED) is 0.623. The molecule has 0 saturated carbocycles. The maximum absolute atomic E-state index is 9.08. The Kier molecular flexibility index (Phi) is 10.1. The molecule has 1 fully saturated rings. The van der Waals surface area contributed by atoms with Crippen molar-refractivity contribution in [2.75, 3.05) is 45.9 Å². The summed E-state index contributed by atoms with van der Waals surface area (Å²) in [6, 6.07) is 15.2. The standard InChI is InChI=1S/C22H27ClN2OS.2ClH/c23-17-7-8-22-20(16-17)18(19-4-1-2-6-21(19)27-22)5-3-9-24-10-12-25(13-11-24)14-15-26;;/h1-2,4,6-8,16,18,26H,3,5,9-15H2;2*1H. The molecule has 2 aliphatic heterocycles. The molecule has 0 aromatic heterocycles. The van der Waals surface area contributed by atoms with Crippen molar-refractivity contribution in [3.63, 3.8) is 0 Å². The Hall–Kier alpha value is -0.460. The molecule has 29 heavy (non-hydrogen) atoms. The van der Waals surface area contributed by atoms with Gasteiger partial charge in [-0.15, -0.1) is 24.8 Å². The van der Waals surface area contributed by atoms with Crippen LogP contribution in [0.15, 0.2) is 52.3 Å². The maximum Gasteiger partial charge on any atom is 0.0558 e. The van der Waals surface area contributed by atoms with Crippen LogP contribution in [0.1, 0.15) is 29.9 Å². The number of fused-ring (bicyclic) bond motifs is 2. The summed E-state index contributed by atoms with van der Waals surface area (Å²) in [5.41, 5.74) is 2.84. The average Bonchev–Trinajstić information content (AvgIpc) is 2.69. The lowest BCUT2D eigenvalue weighted by Crippen LogP contribution is -2.47. The number of benzene rings is 2. The van der Waals surface area contributed by atoms with Crippen LogP contribution < -0.4 is 0 Å². The number of aliphatic hydroxyl groups excluding tert-OH is 1. The van der Waals surface area contributed by atoms with Gasteiger partial charge in [-0.05, 0) is 54.8 Å². The van der Waals surface area contributed by atoms with Gasteiger partial charge in [0, 0.05) is 53.5 Å². The van der Waals surface area contributed by atoms with Crippen LogP contribution in [0.4, 0.5) is 0 Å². The highest BCUT2D eigenvalue weighted by molar-refractivity contribution is 7.99. The smallest absolute Gasteiger partial charge is 0.0558 e. The van der Waals surface area contributed by atoms with Gasteiger partial charge in [0.15, 0.2) is 0 Å². The van der Waals surface area contributed by atoms with Gasteiger partial charge in [0.1, 0.15) is 0 Å². The zero-order chi connectivity index (χ0) is 18.6. The first-order chi connectivity index (χ1) is 13.2. The minimum atomic E-state index is 0. The number of piperazine rings is 1. The summed E-state index contributed by atoms with van der Waals surface area (Å²) in [5.74, 6) is 0.437. The number of rotatable bonds is 6. The molecule has 2 aliphatic rings. The van der Waals surface area contributed by atoms with Crippen molar-refractivity contribution in [3.8, 4) is 0 Å². The molecule has 0 radical (unpaired) electrons. The van der Waals surface area contributed by atoms with E-state index in [1.54, 1.807) is 0 Å². The monoisotopic (exact) mass is 474 g/mol. The number of hydrogen-bond acceptors (Lipinski definition) is 4. The first-order valence-electron chi connectivity index (χ1n) is 9.86. The van der Waals surface area contributed by atoms with E-state index in [1.807, 2.05) is 17.8 Å². The number of nitrogens with zero attached hydrogens (tertiary/aromatic N) is 2. The summed E-state index contributed by atoms with van der Waals surface area (Å²) in [4.78, 5) is 7.65. The highest BCUT2D eigenvalue weighted by Gasteiger charge is 2.26. The molecule has 3 nitrogen and oxygen atoms in total. The van der Waals surface area contributed by atoms with Crippen molar-refractivity contribution in [3.05, 3.63) is 58.6 Å². The van der Waals surface area contributed by atoms with E-state index in [0.717, 1.165) is 50.7 Å². The normalized spacial score (nSPS) is 18.9. The Morgan fingerprint density at radius 1 is 0.897 bits per heavy atom. The summed E-state index contributed by atoms with van der Waals surface area (Å²) in [6.45, 7) is 6.58. The first kappa shape index (κ1) is 24.8. The van der Waals surface area contributed by atoms with E-state index in [2.05, 4.69) is 46.2 Å². The molecule has 0 spiro atoms. The Labute approximate surface area is 195 Å². The molecule has 0 bridgehead atoms. The van der Waals surface area contributed by atoms with Gasteiger partial charge in [0.25, 0.3) is 0 Å². The van der Waals surface area contributed by atoms with Gasteiger partial charge < -0.3 is 10.0 Å². The summed E-state index contributed by atoms with van der Waals surface area (Å²) in [6.07, 6.45) is 2.34. The highest BCUT2D eigenvalue weighted by Crippen LogP contribution is 2.48. The fourth-order valence-corrected chi connectivity index (χ4v) is 5.59.